The summed E-state index contributed by atoms with van der Waals surface area (Å²) >= 11 is 0. The molecule has 5 nitrogen and oxygen atoms in total. The number of hydrogen-bond donors (Lipinski definition) is 2. The van der Waals surface area contributed by atoms with E-state index in [0.29, 0.717) is 29.5 Å². The highest BCUT2D eigenvalue weighted by atomic mass is 16.5. The van der Waals surface area contributed by atoms with Crippen LogP contribution in [0.2, 0.25) is 0 Å². The molecular formula is C27H30N2O3. The highest BCUT2D eigenvalue weighted by molar-refractivity contribution is 5.94. The molecule has 1 aliphatic heterocycles. The Hall–Kier alpha value is -3.31. The van der Waals surface area contributed by atoms with Crippen molar-refractivity contribution < 1.29 is 14.6 Å². The summed E-state index contributed by atoms with van der Waals surface area (Å²) in [6.07, 6.45) is 3.23. The fourth-order valence-electron chi connectivity index (χ4n) is 4.11. The average Bonchev–Trinajstić information content (AvgIpc) is 2.83. The van der Waals surface area contributed by atoms with Crippen LogP contribution in [0.15, 0.2) is 78.9 Å². The van der Waals surface area contributed by atoms with Gasteiger partial charge in [0.15, 0.2) is 0 Å². The van der Waals surface area contributed by atoms with Crippen molar-refractivity contribution >= 4 is 5.91 Å². The number of nitrogens with zero attached hydrogens (tertiary/aromatic N) is 1. The van der Waals surface area contributed by atoms with Gasteiger partial charge in [-0.3, -0.25) is 9.69 Å². The van der Waals surface area contributed by atoms with E-state index in [0.717, 1.165) is 50.2 Å². The fraction of sp³-hybridized carbons (Fsp3) is 0.296. The summed E-state index contributed by atoms with van der Waals surface area (Å²) in [6.45, 7) is 3.52. The minimum absolute atomic E-state index is 0.0479. The molecule has 3 aromatic rings. The molecule has 1 saturated heterocycles. The number of ether oxygens (including phenoxy) is 1. The Kier molecular flexibility index (Phi) is 7.41. The van der Waals surface area contributed by atoms with Gasteiger partial charge >= 0.3 is 0 Å². The first-order valence-corrected chi connectivity index (χ1v) is 11.3. The molecule has 3 aromatic carbocycles. The second-order valence-corrected chi connectivity index (χ2v) is 8.33. The van der Waals surface area contributed by atoms with Crippen LogP contribution in [0.25, 0.3) is 0 Å². The second-order valence-electron chi connectivity index (χ2n) is 8.33. The third kappa shape index (κ3) is 6.11. The van der Waals surface area contributed by atoms with E-state index in [-0.39, 0.29) is 5.91 Å². The van der Waals surface area contributed by atoms with E-state index in [2.05, 4.69) is 10.2 Å². The van der Waals surface area contributed by atoms with Crippen LogP contribution in [0.1, 0.15) is 35.2 Å². The van der Waals surface area contributed by atoms with Crippen LogP contribution in [-0.2, 0) is 6.54 Å². The van der Waals surface area contributed by atoms with E-state index in [4.69, 9.17) is 4.74 Å². The number of amides is 1. The number of hydrogen-bond acceptors (Lipinski definition) is 4. The van der Waals surface area contributed by atoms with Crippen molar-refractivity contribution in [2.75, 3.05) is 19.6 Å². The molecule has 5 heteroatoms. The molecule has 0 saturated carbocycles. The number of para-hydroxylation sites is 2. The summed E-state index contributed by atoms with van der Waals surface area (Å²) in [5, 5.41) is 13.0. The molecule has 0 spiro atoms. The van der Waals surface area contributed by atoms with Crippen LogP contribution in [0.3, 0.4) is 0 Å². The van der Waals surface area contributed by atoms with Gasteiger partial charge in [-0.25, -0.2) is 0 Å². The number of carbonyl (C=O) groups excluding carboxylic acids is 1. The van der Waals surface area contributed by atoms with Gasteiger partial charge in [0.05, 0.1) is 0 Å². The maximum Gasteiger partial charge on any atom is 0.251 e. The van der Waals surface area contributed by atoms with Crippen LogP contribution < -0.4 is 10.1 Å². The van der Waals surface area contributed by atoms with Crippen LogP contribution in [0.4, 0.5) is 0 Å². The maximum absolute atomic E-state index is 12.5. The molecule has 4 rings (SSSR count). The summed E-state index contributed by atoms with van der Waals surface area (Å²) in [5.74, 6) is 2.43. The van der Waals surface area contributed by atoms with Crippen LogP contribution in [-0.4, -0.2) is 35.5 Å². The monoisotopic (exact) mass is 430 g/mol. The number of likely N-dealkylation sites (tertiary alicyclic amines) is 1. The molecule has 1 amide bonds. The molecule has 0 bridgehead atoms. The minimum atomic E-state index is -0.0479. The van der Waals surface area contributed by atoms with E-state index >= 15 is 0 Å². The molecule has 0 aromatic heterocycles. The van der Waals surface area contributed by atoms with Gasteiger partial charge < -0.3 is 15.2 Å². The number of benzene rings is 3. The molecule has 0 atom stereocenters. The van der Waals surface area contributed by atoms with E-state index in [1.54, 1.807) is 18.2 Å². The summed E-state index contributed by atoms with van der Waals surface area (Å²) < 4.78 is 5.78. The zero-order chi connectivity index (χ0) is 22.2. The van der Waals surface area contributed by atoms with Gasteiger partial charge in [0.25, 0.3) is 5.91 Å². The highest BCUT2D eigenvalue weighted by Crippen LogP contribution is 2.24. The number of phenols is 1. The van der Waals surface area contributed by atoms with Gasteiger partial charge in [-0.05, 0) is 80.7 Å². The van der Waals surface area contributed by atoms with Gasteiger partial charge in [0.1, 0.15) is 17.2 Å². The van der Waals surface area contributed by atoms with Crippen molar-refractivity contribution in [1.82, 2.24) is 10.2 Å². The van der Waals surface area contributed by atoms with E-state index in [1.165, 1.54) is 0 Å². The Labute approximate surface area is 189 Å². The average molecular weight is 431 g/mol. The van der Waals surface area contributed by atoms with Gasteiger partial charge in [0, 0.05) is 24.2 Å². The Morgan fingerprint density at radius 2 is 1.56 bits per heavy atom. The maximum atomic E-state index is 12.5. The van der Waals surface area contributed by atoms with Crippen LogP contribution in [0, 0.1) is 5.92 Å². The van der Waals surface area contributed by atoms with E-state index in [1.807, 2.05) is 60.7 Å². The van der Waals surface area contributed by atoms with Crippen molar-refractivity contribution in [3.63, 3.8) is 0 Å². The lowest BCUT2D eigenvalue weighted by Crippen LogP contribution is -2.34. The van der Waals surface area contributed by atoms with Gasteiger partial charge in [-0.1, -0.05) is 36.4 Å². The summed E-state index contributed by atoms with van der Waals surface area (Å²) in [4.78, 5) is 14.9. The lowest BCUT2D eigenvalue weighted by molar-refractivity contribution is 0.0947. The Morgan fingerprint density at radius 1 is 0.906 bits per heavy atom. The predicted molar refractivity (Wildman–Crippen MR) is 126 cm³/mol. The van der Waals surface area contributed by atoms with Crippen molar-refractivity contribution in [2.45, 2.75) is 25.8 Å². The summed E-state index contributed by atoms with van der Waals surface area (Å²) in [5.41, 5.74) is 1.63. The number of piperidine rings is 1. The van der Waals surface area contributed by atoms with Crippen molar-refractivity contribution in [2.24, 2.45) is 5.92 Å². The molecule has 0 radical (unpaired) electrons. The quantitative estimate of drug-likeness (QED) is 0.515. The second kappa shape index (κ2) is 10.8. The molecule has 1 fully saturated rings. The van der Waals surface area contributed by atoms with Gasteiger partial charge in [-0.2, -0.15) is 0 Å². The van der Waals surface area contributed by atoms with E-state index in [9.17, 15) is 9.90 Å². The standard InChI is InChI=1S/C27H30N2O3/c30-26-9-5-4-6-23(26)20-29-18-15-21(16-19-29)14-17-28-27(31)22-10-12-25(13-11-22)32-24-7-2-1-3-8-24/h1-13,21,30H,14-20H2,(H,28,31). The molecule has 166 valence electrons. The number of carbonyl (C=O) groups is 1. The summed E-state index contributed by atoms with van der Waals surface area (Å²) in [7, 11) is 0. The third-order valence-corrected chi connectivity index (χ3v) is 6.03. The lowest BCUT2D eigenvalue weighted by Gasteiger charge is -2.32. The molecule has 32 heavy (non-hydrogen) atoms. The smallest absolute Gasteiger partial charge is 0.251 e. The van der Waals surface area contributed by atoms with Crippen LogP contribution >= 0.6 is 0 Å². The van der Waals surface area contributed by atoms with E-state index < -0.39 is 0 Å². The SMILES string of the molecule is O=C(NCCC1CCN(Cc2ccccc2O)CC1)c1ccc(Oc2ccccc2)cc1. The topological polar surface area (TPSA) is 61.8 Å². The first-order valence-electron chi connectivity index (χ1n) is 11.3. The molecule has 1 aliphatic rings. The molecule has 1 heterocycles. The number of phenolic OH excluding ortho intramolecular Hbond substituents is 1. The normalized spacial score (nSPS) is 14.8. The summed E-state index contributed by atoms with van der Waals surface area (Å²) in [6, 6.07) is 24.4. The predicted octanol–water partition coefficient (Wildman–Crippen LogP) is 5.22. The largest absolute Gasteiger partial charge is 0.508 e. The van der Waals surface area contributed by atoms with Crippen molar-refractivity contribution in [1.29, 1.82) is 0 Å². The Bertz CT molecular complexity index is 997. The lowest BCUT2D eigenvalue weighted by atomic mass is 9.93. The highest BCUT2D eigenvalue weighted by Gasteiger charge is 2.20. The van der Waals surface area contributed by atoms with Crippen molar-refractivity contribution in [3.8, 4) is 17.2 Å². The number of nitrogens with one attached hydrogen (secondary N) is 1. The molecular weight excluding hydrogens is 400 g/mol. The molecule has 0 unspecified atom stereocenters. The van der Waals surface area contributed by atoms with Gasteiger partial charge in [-0.15, -0.1) is 0 Å². The molecule has 2 N–H and O–H groups in total. The first-order chi connectivity index (χ1) is 15.7. The van der Waals surface area contributed by atoms with Crippen LogP contribution in [0.5, 0.6) is 17.2 Å². The number of rotatable bonds is 8. The fourth-order valence-corrected chi connectivity index (χ4v) is 4.11. The number of aromatic hydroxyl groups is 1. The first kappa shape index (κ1) is 21.9. The zero-order valence-electron chi connectivity index (χ0n) is 18.2. The van der Waals surface area contributed by atoms with Gasteiger partial charge in [0.2, 0.25) is 0 Å². The van der Waals surface area contributed by atoms with Crippen molar-refractivity contribution in [3.05, 3.63) is 90.0 Å². The third-order valence-electron chi connectivity index (χ3n) is 6.03. The Morgan fingerprint density at radius 3 is 2.28 bits per heavy atom. The Balaban J connectivity index is 1.16. The minimum Gasteiger partial charge on any atom is -0.508 e. The molecule has 0 aliphatic carbocycles. The zero-order valence-corrected chi connectivity index (χ0v) is 18.2.